The summed E-state index contributed by atoms with van der Waals surface area (Å²) in [5.41, 5.74) is 7.24. The molecular weight excluding hydrogens is 244 g/mol. The van der Waals surface area contributed by atoms with Gasteiger partial charge in [-0.15, -0.1) is 0 Å². The quantitative estimate of drug-likeness (QED) is 0.855. The fourth-order valence-corrected chi connectivity index (χ4v) is 2.98. The molecule has 2 aliphatic carbocycles. The molecule has 0 heterocycles. The van der Waals surface area contributed by atoms with Crippen LogP contribution in [0.15, 0.2) is 24.3 Å². The average molecular weight is 265 g/mol. The maximum atomic E-state index is 6.34. The minimum atomic E-state index is 0.298. The zero-order valence-electron chi connectivity index (χ0n) is 10.7. The first-order valence-corrected chi connectivity index (χ1v) is 7.37. The van der Waals surface area contributed by atoms with Crippen molar-refractivity contribution in [3.8, 4) is 0 Å². The van der Waals surface area contributed by atoms with Crippen LogP contribution < -0.4 is 5.73 Å². The smallest absolute Gasteiger partial charge is 0.0488 e. The van der Waals surface area contributed by atoms with Gasteiger partial charge in [-0.25, -0.2) is 0 Å². The highest BCUT2D eigenvalue weighted by Gasteiger charge is 2.37. The van der Waals surface area contributed by atoms with Crippen LogP contribution in [-0.2, 0) is 0 Å². The van der Waals surface area contributed by atoms with Gasteiger partial charge in [-0.3, -0.25) is 4.90 Å². The summed E-state index contributed by atoms with van der Waals surface area (Å²) >= 11 is 6.34. The number of halogens is 1. The molecule has 0 bridgehead atoms. The van der Waals surface area contributed by atoms with Crippen molar-refractivity contribution in [3.63, 3.8) is 0 Å². The van der Waals surface area contributed by atoms with Gasteiger partial charge in [-0.2, -0.15) is 0 Å². The Bertz CT molecular complexity index is 413. The van der Waals surface area contributed by atoms with Gasteiger partial charge >= 0.3 is 0 Å². The topological polar surface area (TPSA) is 29.3 Å². The molecule has 1 aromatic rings. The van der Waals surface area contributed by atoms with Crippen molar-refractivity contribution in [3.05, 3.63) is 34.9 Å². The Labute approximate surface area is 114 Å². The monoisotopic (exact) mass is 264 g/mol. The van der Waals surface area contributed by atoms with Crippen molar-refractivity contribution in [1.82, 2.24) is 4.90 Å². The van der Waals surface area contributed by atoms with Crippen molar-refractivity contribution in [2.45, 2.75) is 37.8 Å². The van der Waals surface area contributed by atoms with Crippen LogP contribution in [0.25, 0.3) is 0 Å². The molecule has 1 unspecified atom stereocenters. The van der Waals surface area contributed by atoms with Gasteiger partial charge in [-0.1, -0.05) is 29.8 Å². The van der Waals surface area contributed by atoms with E-state index >= 15 is 0 Å². The van der Waals surface area contributed by atoms with Crippen LogP contribution in [0, 0.1) is 5.92 Å². The second-order valence-corrected chi connectivity index (χ2v) is 6.05. The highest BCUT2D eigenvalue weighted by molar-refractivity contribution is 6.31. The summed E-state index contributed by atoms with van der Waals surface area (Å²) in [6.07, 6.45) is 5.44. The van der Waals surface area contributed by atoms with Crippen molar-refractivity contribution in [2.24, 2.45) is 11.7 Å². The third-order valence-electron chi connectivity index (χ3n) is 4.07. The van der Waals surface area contributed by atoms with E-state index < -0.39 is 0 Å². The lowest BCUT2D eigenvalue weighted by Gasteiger charge is -2.32. The lowest BCUT2D eigenvalue weighted by atomic mass is 10.0. The lowest BCUT2D eigenvalue weighted by molar-refractivity contribution is 0.183. The molecule has 0 amide bonds. The Morgan fingerprint density at radius 3 is 2.50 bits per heavy atom. The number of rotatable bonds is 6. The van der Waals surface area contributed by atoms with E-state index in [1.165, 1.54) is 37.8 Å². The zero-order valence-corrected chi connectivity index (χ0v) is 11.4. The molecule has 2 aliphatic rings. The predicted octanol–water partition coefficient (Wildman–Crippen LogP) is 3.21. The van der Waals surface area contributed by atoms with Crippen molar-refractivity contribution >= 4 is 11.6 Å². The van der Waals surface area contributed by atoms with Gasteiger partial charge in [0, 0.05) is 30.2 Å². The molecule has 2 fully saturated rings. The summed E-state index contributed by atoms with van der Waals surface area (Å²) in [4.78, 5) is 2.61. The number of benzene rings is 1. The van der Waals surface area contributed by atoms with Crippen LogP contribution in [0.4, 0.5) is 0 Å². The molecule has 18 heavy (non-hydrogen) atoms. The molecule has 2 N–H and O–H groups in total. The predicted molar refractivity (Wildman–Crippen MR) is 75.7 cm³/mol. The summed E-state index contributed by atoms with van der Waals surface area (Å²) in [6.45, 7) is 1.87. The molecule has 0 spiro atoms. The molecule has 2 nitrogen and oxygen atoms in total. The van der Waals surface area contributed by atoms with Crippen LogP contribution in [-0.4, -0.2) is 24.0 Å². The van der Waals surface area contributed by atoms with Crippen LogP contribution in [0.3, 0.4) is 0 Å². The highest BCUT2D eigenvalue weighted by Crippen LogP contribution is 2.40. The first kappa shape index (κ1) is 12.5. The molecule has 1 aromatic carbocycles. The Kier molecular flexibility index (Phi) is 3.60. The van der Waals surface area contributed by atoms with Crippen molar-refractivity contribution in [2.75, 3.05) is 13.1 Å². The number of hydrogen-bond acceptors (Lipinski definition) is 2. The van der Waals surface area contributed by atoms with Crippen LogP contribution in [0.2, 0.25) is 5.02 Å². The molecule has 0 aliphatic heterocycles. The minimum absolute atomic E-state index is 0.298. The van der Waals surface area contributed by atoms with E-state index in [4.69, 9.17) is 17.3 Å². The largest absolute Gasteiger partial charge is 0.329 e. The second kappa shape index (κ2) is 5.20. The number of nitrogens with two attached hydrogens (primary N) is 1. The molecule has 3 heteroatoms. The summed E-state index contributed by atoms with van der Waals surface area (Å²) in [6, 6.07) is 9.19. The molecule has 98 valence electrons. The van der Waals surface area contributed by atoms with Gasteiger partial charge in [0.05, 0.1) is 0 Å². The molecule has 1 atom stereocenters. The standard InChI is InChI=1S/C15H21ClN2/c16-14-4-2-1-3-13(14)15(9-17)18(12-7-8-12)10-11-5-6-11/h1-4,11-12,15H,5-10,17H2. The lowest BCUT2D eigenvalue weighted by Crippen LogP contribution is -2.37. The van der Waals surface area contributed by atoms with E-state index in [1.54, 1.807) is 0 Å². The molecule has 0 aromatic heterocycles. The summed E-state index contributed by atoms with van der Waals surface area (Å²) in [7, 11) is 0. The zero-order chi connectivity index (χ0) is 12.5. The van der Waals surface area contributed by atoms with E-state index in [9.17, 15) is 0 Å². The Morgan fingerprint density at radius 1 is 1.22 bits per heavy atom. The molecule has 0 saturated heterocycles. The first-order chi connectivity index (χ1) is 8.79. The van der Waals surface area contributed by atoms with Crippen LogP contribution >= 0.6 is 11.6 Å². The Balaban J connectivity index is 1.82. The van der Waals surface area contributed by atoms with Crippen molar-refractivity contribution in [1.29, 1.82) is 0 Å². The Hall–Kier alpha value is -0.570. The third-order valence-corrected chi connectivity index (χ3v) is 4.41. The fraction of sp³-hybridized carbons (Fsp3) is 0.600. The van der Waals surface area contributed by atoms with E-state index in [0.717, 1.165) is 17.0 Å². The number of nitrogens with zero attached hydrogens (tertiary/aromatic N) is 1. The average Bonchev–Trinajstić information content (AvgIpc) is 3.25. The van der Waals surface area contributed by atoms with Crippen LogP contribution in [0.1, 0.15) is 37.3 Å². The fourth-order valence-electron chi connectivity index (χ4n) is 2.72. The second-order valence-electron chi connectivity index (χ2n) is 5.64. The van der Waals surface area contributed by atoms with Gasteiger partial charge in [0.15, 0.2) is 0 Å². The van der Waals surface area contributed by atoms with Crippen LogP contribution in [0.5, 0.6) is 0 Å². The SMILES string of the molecule is NCC(c1ccccc1Cl)N(CC1CC1)C1CC1. The van der Waals surface area contributed by atoms with Gasteiger partial charge in [0.1, 0.15) is 0 Å². The molecule has 2 saturated carbocycles. The van der Waals surface area contributed by atoms with Gasteiger partial charge in [0.25, 0.3) is 0 Å². The highest BCUT2D eigenvalue weighted by atomic mass is 35.5. The van der Waals surface area contributed by atoms with Gasteiger partial charge < -0.3 is 5.73 Å². The molecular formula is C15H21ClN2. The third kappa shape index (κ3) is 2.71. The molecule has 3 rings (SSSR count). The van der Waals surface area contributed by atoms with Crippen molar-refractivity contribution < 1.29 is 0 Å². The maximum Gasteiger partial charge on any atom is 0.0488 e. The van der Waals surface area contributed by atoms with E-state index in [1.807, 2.05) is 12.1 Å². The maximum absolute atomic E-state index is 6.34. The van der Waals surface area contributed by atoms with Gasteiger partial charge in [-0.05, 0) is 43.2 Å². The van der Waals surface area contributed by atoms with E-state index in [0.29, 0.717) is 12.6 Å². The molecule has 0 radical (unpaired) electrons. The summed E-state index contributed by atoms with van der Waals surface area (Å²) in [5.74, 6) is 0.905. The number of hydrogen-bond donors (Lipinski definition) is 1. The van der Waals surface area contributed by atoms with E-state index in [2.05, 4.69) is 17.0 Å². The minimum Gasteiger partial charge on any atom is -0.329 e. The van der Waals surface area contributed by atoms with E-state index in [-0.39, 0.29) is 0 Å². The van der Waals surface area contributed by atoms with Gasteiger partial charge in [0.2, 0.25) is 0 Å². The summed E-state index contributed by atoms with van der Waals surface area (Å²) < 4.78 is 0. The normalized spacial score (nSPS) is 21.3. The Morgan fingerprint density at radius 2 is 1.94 bits per heavy atom. The summed E-state index contributed by atoms with van der Waals surface area (Å²) in [5, 5.41) is 0.856. The first-order valence-electron chi connectivity index (χ1n) is 7.00.